The van der Waals surface area contributed by atoms with Crippen molar-refractivity contribution >= 4 is 16.8 Å². The summed E-state index contributed by atoms with van der Waals surface area (Å²) < 4.78 is 5.91. The molecule has 1 fully saturated rings. The van der Waals surface area contributed by atoms with E-state index >= 15 is 0 Å². The first kappa shape index (κ1) is 12.5. The third-order valence-corrected chi connectivity index (χ3v) is 3.50. The molecule has 102 valence electrons. The van der Waals surface area contributed by atoms with E-state index in [4.69, 9.17) is 4.42 Å². The van der Waals surface area contributed by atoms with Crippen molar-refractivity contribution in [2.75, 3.05) is 31.1 Å². The molecule has 3 rings (SSSR count). The van der Waals surface area contributed by atoms with Gasteiger partial charge in [-0.3, -0.25) is 0 Å². The average Bonchev–Trinajstić information content (AvgIpc) is 2.82. The van der Waals surface area contributed by atoms with E-state index in [0.717, 1.165) is 43.2 Å². The molecule has 0 bridgehead atoms. The number of fused-ring (bicyclic) bond motifs is 1. The van der Waals surface area contributed by atoms with Crippen molar-refractivity contribution in [2.24, 2.45) is 0 Å². The lowest BCUT2D eigenvalue weighted by Gasteiger charge is -2.29. The molecular weight excluding hydrogens is 238 g/mol. The number of hydrogen-bond donors (Lipinski definition) is 1. The summed E-state index contributed by atoms with van der Waals surface area (Å²) in [6.45, 7) is 10.5. The van der Waals surface area contributed by atoms with Gasteiger partial charge < -0.3 is 14.6 Å². The summed E-state index contributed by atoms with van der Waals surface area (Å²) >= 11 is 0. The zero-order valence-electron chi connectivity index (χ0n) is 11.9. The van der Waals surface area contributed by atoms with Gasteiger partial charge in [-0.25, -0.2) is 4.98 Å². The van der Waals surface area contributed by atoms with Crippen LogP contribution in [0, 0.1) is 0 Å². The number of oxazole rings is 1. The summed E-state index contributed by atoms with van der Waals surface area (Å²) in [5, 5.41) is 3.37. The fraction of sp³-hybridized carbons (Fsp3) is 0.533. The van der Waals surface area contributed by atoms with Crippen LogP contribution in [0.25, 0.3) is 11.1 Å². The minimum absolute atomic E-state index is 0.0474. The summed E-state index contributed by atoms with van der Waals surface area (Å²) in [5.74, 6) is 0.806. The summed E-state index contributed by atoms with van der Waals surface area (Å²) in [6, 6.07) is 6.32. The molecule has 4 nitrogen and oxygen atoms in total. The van der Waals surface area contributed by atoms with Crippen molar-refractivity contribution in [1.29, 1.82) is 0 Å². The maximum atomic E-state index is 5.91. The lowest BCUT2D eigenvalue weighted by molar-refractivity contribution is 0.411. The summed E-state index contributed by atoms with van der Waals surface area (Å²) in [7, 11) is 0. The van der Waals surface area contributed by atoms with Gasteiger partial charge in [-0.2, -0.15) is 0 Å². The van der Waals surface area contributed by atoms with E-state index in [2.05, 4.69) is 54.2 Å². The molecule has 1 saturated heterocycles. The van der Waals surface area contributed by atoms with Crippen LogP contribution < -0.4 is 10.2 Å². The smallest absolute Gasteiger partial charge is 0.200 e. The third-order valence-electron chi connectivity index (χ3n) is 3.50. The fourth-order valence-corrected chi connectivity index (χ4v) is 2.35. The van der Waals surface area contributed by atoms with Crippen LogP contribution in [-0.4, -0.2) is 31.2 Å². The molecule has 19 heavy (non-hydrogen) atoms. The lowest BCUT2D eigenvalue weighted by atomic mass is 9.97. The number of aromatic nitrogens is 1. The van der Waals surface area contributed by atoms with Crippen LogP contribution in [0.3, 0.4) is 0 Å². The minimum atomic E-state index is -0.0474. The number of hydrogen-bond acceptors (Lipinski definition) is 4. The summed E-state index contributed by atoms with van der Waals surface area (Å²) in [6.07, 6.45) is 0. The van der Waals surface area contributed by atoms with Crippen molar-refractivity contribution in [3.8, 4) is 0 Å². The molecule has 4 heteroatoms. The highest BCUT2D eigenvalue weighted by molar-refractivity contribution is 5.77. The van der Waals surface area contributed by atoms with Gasteiger partial charge in [0.2, 0.25) is 5.89 Å². The largest absolute Gasteiger partial charge is 0.440 e. The third kappa shape index (κ3) is 2.45. The number of anilines is 1. The van der Waals surface area contributed by atoms with Crippen LogP contribution in [0.2, 0.25) is 0 Å². The lowest BCUT2D eigenvalue weighted by Crippen LogP contribution is -2.43. The van der Waals surface area contributed by atoms with Crippen LogP contribution in [-0.2, 0) is 5.41 Å². The zero-order chi connectivity index (χ0) is 13.5. The molecule has 0 aliphatic carbocycles. The Labute approximate surface area is 113 Å². The molecule has 2 heterocycles. The van der Waals surface area contributed by atoms with E-state index in [-0.39, 0.29) is 5.41 Å². The van der Waals surface area contributed by atoms with Gasteiger partial charge in [-0.05, 0) is 12.1 Å². The molecular formula is C15H21N3O. The summed E-state index contributed by atoms with van der Waals surface area (Å²) in [5.41, 5.74) is 3.02. The van der Waals surface area contributed by atoms with Crippen molar-refractivity contribution in [3.05, 3.63) is 24.1 Å². The average molecular weight is 259 g/mol. The Morgan fingerprint density at radius 1 is 1.21 bits per heavy atom. The molecule has 0 atom stereocenters. The predicted molar refractivity (Wildman–Crippen MR) is 77.8 cm³/mol. The van der Waals surface area contributed by atoms with E-state index in [1.54, 1.807) is 0 Å². The molecule has 1 aliphatic heterocycles. The SMILES string of the molecule is CC(C)(C)c1nc2ccc(N3CCNCC3)cc2o1. The summed E-state index contributed by atoms with van der Waals surface area (Å²) in [4.78, 5) is 6.96. The van der Waals surface area contributed by atoms with Crippen LogP contribution in [0.15, 0.2) is 22.6 Å². The molecule has 0 amide bonds. The highest BCUT2D eigenvalue weighted by atomic mass is 16.3. The van der Waals surface area contributed by atoms with Gasteiger partial charge in [0.15, 0.2) is 5.58 Å². The van der Waals surface area contributed by atoms with E-state index < -0.39 is 0 Å². The van der Waals surface area contributed by atoms with Gasteiger partial charge in [-0.1, -0.05) is 20.8 Å². The molecule has 0 saturated carbocycles. The van der Waals surface area contributed by atoms with Crippen LogP contribution in [0.4, 0.5) is 5.69 Å². The van der Waals surface area contributed by atoms with Crippen molar-refractivity contribution in [1.82, 2.24) is 10.3 Å². The Bertz CT molecular complexity index is 577. The number of nitrogens with zero attached hydrogens (tertiary/aromatic N) is 2. The first-order valence-electron chi connectivity index (χ1n) is 6.91. The van der Waals surface area contributed by atoms with E-state index in [0.29, 0.717) is 0 Å². The molecule has 1 aliphatic rings. The maximum Gasteiger partial charge on any atom is 0.200 e. The maximum absolute atomic E-state index is 5.91. The predicted octanol–water partition coefficient (Wildman–Crippen LogP) is 2.53. The normalized spacial score (nSPS) is 17.1. The quantitative estimate of drug-likeness (QED) is 0.854. The fourth-order valence-electron chi connectivity index (χ4n) is 2.35. The molecule has 0 unspecified atom stereocenters. The second-order valence-corrected chi connectivity index (χ2v) is 6.16. The molecule has 0 spiro atoms. The minimum Gasteiger partial charge on any atom is -0.440 e. The van der Waals surface area contributed by atoms with Crippen LogP contribution >= 0.6 is 0 Å². The highest BCUT2D eigenvalue weighted by Gasteiger charge is 2.21. The monoisotopic (exact) mass is 259 g/mol. The van der Waals surface area contributed by atoms with Crippen molar-refractivity contribution in [2.45, 2.75) is 26.2 Å². The molecule has 0 radical (unpaired) electrons. The second-order valence-electron chi connectivity index (χ2n) is 6.16. The second kappa shape index (κ2) is 4.53. The number of benzene rings is 1. The highest BCUT2D eigenvalue weighted by Crippen LogP contribution is 2.28. The van der Waals surface area contributed by atoms with Crippen molar-refractivity contribution < 1.29 is 4.42 Å². The van der Waals surface area contributed by atoms with Crippen LogP contribution in [0.1, 0.15) is 26.7 Å². The number of piperazine rings is 1. The molecule has 2 aromatic rings. The standard InChI is InChI=1S/C15H21N3O/c1-15(2,3)14-17-12-5-4-11(10-13(12)19-14)18-8-6-16-7-9-18/h4-5,10,16H,6-9H2,1-3H3. The van der Waals surface area contributed by atoms with E-state index in [1.807, 2.05) is 0 Å². The van der Waals surface area contributed by atoms with Crippen LogP contribution in [0.5, 0.6) is 0 Å². The van der Waals surface area contributed by atoms with Gasteiger partial charge in [0.05, 0.1) is 0 Å². The Morgan fingerprint density at radius 3 is 2.63 bits per heavy atom. The Kier molecular flexibility index (Phi) is 2.97. The Hall–Kier alpha value is -1.55. The van der Waals surface area contributed by atoms with Gasteiger partial charge in [0.25, 0.3) is 0 Å². The number of rotatable bonds is 1. The van der Waals surface area contributed by atoms with Gasteiger partial charge in [0.1, 0.15) is 5.52 Å². The first-order chi connectivity index (χ1) is 9.04. The van der Waals surface area contributed by atoms with E-state index in [9.17, 15) is 0 Å². The van der Waals surface area contributed by atoms with Gasteiger partial charge in [-0.15, -0.1) is 0 Å². The molecule has 1 N–H and O–H groups in total. The Balaban J connectivity index is 1.96. The zero-order valence-corrected chi connectivity index (χ0v) is 11.9. The van der Waals surface area contributed by atoms with E-state index in [1.165, 1.54) is 5.69 Å². The number of nitrogens with one attached hydrogen (secondary N) is 1. The van der Waals surface area contributed by atoms with Crippen molar-refractivity contribution in [3.63, 3.8) is 0 Å². The van der Waals surface area contributed by atoms with Gasteiger partial charge in [0, 0.05) is 43.3 Å². The van der Waals surface area contributed by atoms with Gasteiger partial charge >= 0.3 is 0 Å². The molecule has 1 aromatic heterocycles. The first-order valence-corrected chi connectivity index (χ1v) is 6.91. The Morgan fingerprint density at radius 2 is 1.95 bits per heavy atom. The topological polar surface area (TPSA) is 41.3 Å². The molecule has 1 aromatic carbocycles.